The molecule has 2 N–H and O–H groups in total. The minimum absolute atomic E-state index is 0.0117. The van der Waals surface area contributed by atoms with Crippen molar-refractivity contribution in [3.8, 4) is 0 Å². The number of anilines is 1. The lowest BCUT2D eigenvalue weighted by Gasteiger charge is -2.34. The third kappa shape index (κ3) is 6.40. The van der Waals surface area contributed by atoms with Gasteiger partial charge in [-0.1, -0.05) is 27.5 Å². The first-order chi connectivity index (χ1) is 17.9. The van der Waals surface area contributed by atoms with Crippen molar-refractivity contribution in [2.24, 2.45) is 0 Å². The summed E-state index contributed by atoms with van der Waals surface area (Å²) >= 11 is 9.72. The molecule has 1 amide bonds. The summed E-state index contributed by atoms with van der Waals surface area (Å²) in [5.74, 6) is -4.79. The molecule has 0 aliphatic carbocycles. The molecule has 0 bridgehead atoms. The number of aliphatic carboxylic acids is 1. The first-order valence-electron chi connectivity index (χ1n) is 12.1. The maximum atomic E-state index is 14.0. The molecule has 4 rings (SSSR count). The zero-order valence-corrected chi connectivity index (χ0v) is 22.9. The van der Waals surface area contributed by atoms with Gasteiger partial charge in [-0.3, -0.25) is 9.59 Å². The molecule has 1 fully saturated rings. The number of hydrogen-bond acceptors (Lipinski definition) is 4. The Morgan fingerprint density at radius 3 is 2.61 bits per heavy atom. The largest absolute Gasteiger partial charge is 0.481 e. The van der Waals surface area contributed by atoms with Crippen LogP contribution in [0, 0.1) is 12.7 Å². The summed E-state index contributed by atoms with van der Waals surface area (Å²) in [6, 6.07) is 9.16. The Labute approximate surface area is 231 Å². The molecule has 0 spiro atoms. The summed E-state index contributed by atoms with van der Waals surface area (Å²) in [7, 11) is 0. The van der Waals surface area contributed by atoms with Gasteiger partial charge in [0, 0.05) is 65.3 Å². The second kappa shape index (κ2) is 11.5. The molecule has 38 heavy (non-hydrogen) atoms. The third-order valence-corrected chi connectivity index (χ3v) is 7.64. The topological polar surface area (TPSA) is 82.5 Å². The number of benzene rings is 2. The summed E-state index contributed by atoms with van der Waals surface area (Å²) in [4.78, 5) is 31.3. The second-order valence-electron chi connectivity index (χ2n) is 9.45. The van der Waals surface area contributed by atoms with Gasteiger partial charge < -0.3 is 15.3 Å². The van der Waals surface area contributed by atoms with Gasteiger partial charge in [-0.05, 0) is 55.3 Å². The van der Waals surface area contributed by atoms with Crippen molar-refractivity contribution in [2.75, 3.05) is 24.5 Å². The fraction of sp³-hybridized carbons (Fsp3) is 0.370. The van der Waals surface area contributed by atoms with Gasteiger partial charge in [0.2, 0.25) is 0 Å². The predicted molar refractivity (Wildman–Crippen MR) is 144 cm³/mol. The monoisotopic (exact) mass is 611 g/mol. The average molecular weight is 613 g/mol. The van der Waals surface area contributed by atoms with Crippen molar-refractivity contribution < 1.29 is 27.9 Å². The van der Waals surface area contributed by atoms with Crippen LogP contribution in [0.25, 0.3) is 10.9 Å². The van der Waals surface area contributed by atoms with E-state index >= 15 is 0 Å². The number of rotatable bonds is 8. The Morgan fingerprint density at radius 2 is 1.92 bits per heavy atom. The smallest absolute Gasteiger partial charge is 0.303 e. The quantitative estimate of drug-likeness (QED) is 0.296. The lowest BCUT2D eigenvalue weighted by Crippen LogP contribution is -2.40. The number of aromatic nitrogens is 1. The number of amides is 1. The molecule has 3 aromatic rings. The molecule has 11 heteroatoms. The minimum Gasteiger partial charge on any atom is -0.481 e. The Morgan fingerprint density at radius 1 is 1.21 bits per heavy atom. The highest BCUT2D eigenvalue weighted by atomic mass is 79.9. The maximum absolute atomic E-state index is 14.0. The Balaban J connectivity index is 1.68. The average Bonchev–Trinajstić information content (AvgIpc) is 2.85. The molecule has 6 nitrogen and oxygen atoms in total. The van der Waals surface area contributed by atoms with Crippen LogP contribution in [0.4, 0.5) is 19.0 Å². The fourth-order valence-electron chi connectivity index (χ4n) is 4.76. The van der Waals surface area contributed by atoms with Gasteiger partial charge in [-0.15, -0.1) is 0 Å². The van der Waals surface area contributed by atoms with E-state index in [9.17, 15) is 27.9 Å². The number of fused-ring (bicyclic) bond motifs is 1. The zero-order chi connectivity index (χ0) is 27.6. The van der Waals surface area contributed by atoms with Crippen LogP contribution < -0.4 is 10.2 Å². The van der Waals surface area contributed by atoms with E-state index in [2.05, 4.69) is 21.2 Å². The summed E-state index contributed by atoms with van der Waals surface area (Å²) < 4.78 is 42.3. The van der Waals surface area contributed by atoms with Gasteiger partial charge in [0.1, 0.15) is 11.6 Å². The number of carbonyl (C=O) groups excluding carboxylic acids is 1. The fourth-order valence-corrected chi connectivity index (χ4v) is 5.39. The van der Waals surface area contributed by atoms with Crippen molar-refractivity contribution >= 4 is 56.1 Å². The molecule has 1 atom stereocenters. The van der Waals surface area contributed by atoms with E-state index < -0.39 is 29.5 Å². The highest BCUT2D eigenvalue weighted by Crippen LogP contribution is 2.35. The van der Waals surface area contributed by atoms with Crippen LogP contribution in [0.1, 0.15) is 53.1 Å². The van der Waals surface area contributed by atoms with Crippen molar-refractivity contribution in [2.45, 2.75) is 44.4 Å². The van der Waals surface area contributed by atoms with Crippen LogP contribution in [0.5, 0.6) is 0 Å². The van der Waals surface area contributed by atoms with E-state index in [-0.39, 0.29) is 50.3 Å². The standard InChI is InChI=1S/C27H26BrClF3N3O3/c1-15-24(26(38)33-14-16(2-7-23(36)37)19-13-18(30)4-5-21(19)29)20-12-17(28)3-6-22(20)34-25(15)35-10-8-27(31,32)9-11-35/h3-6,12-13,16H,2,7-11,14H2,1H3,(H,33,38)(H,36,37). The van der Waals surface area contributed by atoms with E-state index in [4.69, 9.17) is 16.6 Å². The molecular formula is C27H26BrClF3N3O3. The van der Waals surface area contributed by atoms with Gasteiger partial charge in [0.05, 0.1) is 11.1 Å². The number of carboxylic acid groups (broad SMARTS) is 1. The van der Waals surface area contributed by atoms with E-state index in [0.717, 1.165) is 4.47 Å². The number of hydrogen-bond donors (Lipinski definition) is 2. The van der Waals surface area contributed by atoms with Crippen molar-refractivity contribution in [3.63, 3.8) is 0 Å². The molecule has 1 saturated heterocycles. The summed E-state index contributed by atoms with van der Waals surface area (Å²) in [6.45, 7) is 1.96. The van der Waals surface area contributed by atoms with Crippen LogP contribution >= 0.6 is 27.5 Å². The SMILES string of the molecule is Cc1c(N2CCC(F)(F)CC2)nc2ccc(Br)cc2c1C(=O)NCC(CCC(=O)O)c1cc(F)ccc1Cl. The molecular weight excluding hydrogens is 587 g/mol. The number of carbonyl (C=O) groups is 2. The molecule has 2 heterocycles. The Bertz CT molecular complexity index is 1380. The molecule has 1 aromatic heterocycles. The van der Waals surface area contributed by atoms with Crippen molar-refractivity contribution in [1.29, 1.82) is 0 Å². The lowest BCUT2D eigenvalue weighted by molar-refractivity contribution is -0.137. The summed E-state index contributed by atoms with van der Waals surface area (Å²) in [6.07, 6.45) is -0.656. The molecule has 202 valence electrons. The van der Waals surface area contributed by atoms with Gasteiger partial charge >= 0.3 is 5.97 Å². The molecule has 1 aliphatic rings. The molecule has 1 aliphatic heterocycles. The van der Waals surface area contributed by atoms with Crippen molar-refractivity contribution in [1.82, 2.24) is 10.3 Å². The van der Waals surface area contributed by atoms with Crippen LogP contribution in [-0.4, -0.2) is 47.5 Å². The van der Waals surface area contributed by atoms with E-state index in [1.165, 1.54) is 18.2 Å². The van der Waals surface area contributed by atoms with E-state index in [0.29, 0.717) is 33.4 Å². The van der Waals surface area contributed by atoms with Crippen LogP contribution in [0.2, 0.25) is 5.02 Å². The molecule has 1 unspecified atom stereocenters. The second-order valence-corrected chi connectivity index (χ2v) is 10.8. The number of piperidine rings is 1. The molecule has 0 saturated carbocycles. The number of nitrogens with one attached hydrogen (secondary N) is 1. The molecule has 2 aromatic carbocycles. The minimum atomic E-state index is -2.73. The number of carboxylic acids is 1. The Kier molecular flexibility index (Phi) is 8.52. The van der Waals surface area contributed by atoms with Gasteiger partial charge in [-0.25, -0.2) is 18.2 Å². The summed E-state index contributed by atoms with van der Waals surface area (Å²) in [5.41, 5.74) is 1.82. The third-order valence-electron chi connectivity index (χ3n) is 6.80. The number of nitrogens with zero attached hydrogens (tertiary/aromatic N) is 2. The van der Waals surface area contributed by atoms with E-state index in [1.54, 1.807) is 30.0 Å². The maximum Gasteiger partial charge on any atom is 0.303 e. The van der Waals surface area contributed by atoms with Crippen LogP contribution in [0.3, 0.4) is 0 Å². The number of halogens is 5. The van der Waals surface area contributed by atoms with Gasteiger partial charge in [0.15, 0.2) is 0 Å². The van der Waals surface area contributed by atoms with Gasteiger partial charge in [-0.2, -0.15) is 0 Å². The number of alkyl halides is 2. The molecule has 0 radical (unpaired) electrons. The summed E-state index contributed by atoms with van der Waals surface area (Å²) in [5, 5.41) is 12.9. The lowest BCUT2D eigenvalue weighted by atomic mass is 9.93. The van der Waals surface area contributed by atoms with Gasteiger partial charge in [0.25, 0.3) is 11.8 Å². The highest BCUT2D eigenvalue weighted by Gasteiger charge is 2.35. The Hall–Kier alpha value is -2.85. The zero-order valence-electron chi connectivity index (χ0n) is 20.5. The van der Waals surface area contributed by atoms with Crippen LogP contribution in [-0.2, 0) is 4.79 Å². The van der Waals surface area contributed by atoms with Crippen LogP contribution in [0.15, 0.2) is 40.9 Å². The normalized spacial score (nSPS) is 15.9. The first-order valence-corrected chi connectivity index (χ1v) is 13.3. The predicted octanol–water partition coefficient (Wildman–Crippen LogP) is 6.71. The number of pyridine rings is 1. The highest BCUT2D eigenvalue weighted by molar-refractivity contribution is 9.10. The first kappa shape index (κ1) is 28.2. The van der Waals surface area contributed by atoms with E-state index in [1.807, 2.05) is 0 Å². The van der Waals surface area contributed by atoms with Crippen molar-refractivity contribution in [3.05, 3.63) is 68.4 Å².